The summed E-state index contributed by atoms with van der Waals surface area (Å²) in [6.45, 7) is 0. The largest absolute Gasteiger partial charge is 0.450 e. The molecule has 7 heteroatoms. The topological polar surface area (TPSA) is 69.4 Å². The number of hydrogen-bond acceptors (Lipinski definition) is 5. The molecule has 0 aliphatic heterocycles. The highest BCUT2D eigenvalue weighted by Gasteiger charge is 2.20. The van der Waals surface area contributed by atoms with Gasteiger partial charge in [-0.1, -0.05) is 29.8 Å². The van der Waals surface area contributed by atoms with Crippen molar-refractivity contribution in [2.24, 2.45) is 0 Å². The van der Waals surface area contributed by atoms with E-state index in [9.17, 15) is 14.9 Å². The second-order valence-corrected chi connectivity index (χ2v) is 6.68. The van der Waals surface area contributed by atoms with Crippen LogP contribution < -0.4 is 4.74 Å². The Morgan fingerprint density at radius 2 is 1.69 bits per heavy atom. The molecule has 3 rings (SSSR count). The van der Waals surface area contributed by atoms with Crippen molar-refractivity contribution in [2.75, 3.05) is 0 Å². The molecule has 0 atom stereocenters. The van der Waals surface area contributed by atoms with Crippen molar-refractivity contribution >= 4 is 34.2 Å². The third-order valence-corrected chi connectivity index (χ3v) is 4.57. The SMILES string of the molecule is O=C(Sc1ccccc1)c1ccc(Oc2ccc(Cl)cc2)c([N+](=O)[O-])c1. The van der Waals surface area contributed by atoms with E-state index in [0.717, 1.165) is 16.7 Å². The standard InChI is InChI=1S/C19H12ClNO4S/c20-14-7-9-15(10-8-14)25-18-11-6-13(12-17(18)21(23)24)19(22)26-16-4-2-1-3-5-16/h1-12H. The number of carbonyl (C=O) groups excluding carboxylic acids is 1. The quantitative estimate of drug-likeness (QED) is 0.307. The lowest BCUT2D eigenvalue weighted by atomic mass is 10.2. The summed E-state index contributed by atoms with van der Waals surface area (Å²) in [5.41, 5.74) is -0.0477. The highest BCUT2D eigenvalue weighted by molar-refractivity contribution is 8.14. The number of carbonyl (C=O) groups is 1. The third kappa shape index (κ3) is 4.41. The van der Waals surface area contributed by atoms with Gasteiger partial charge in [0.1, 0.15) is 5.75 Å². The van der Waals surface area contributed by atoms with Crippen LogP contribution in [-0.2, 0) is 0 Å². The first-order valence-corrected chi connectivity index (χ1v) is 8.71. The Morgan fingerprint density at radius 1 is 1.00 bits per heavy atom. The van der Waals surface area contributed by atoms with Crippen LogP contribution in [0.1, 0.15) is 10.4 Å². The lowest BCUT2D eigenvalue weighted by Gasteiger charge is -2.08. The Bertz CT molecular complexity index is 946. The third-order valence-electron chi connectivity index (χ3n) is 3.39. The van der Waals surface area contributed by atoms with Crippen LogP contribution >= 0.6 is 23.4 Å². The van der Waals surface area contributed by atoms with E-state index in [4.69, 9.17) is 16.3 Å². The van der Waals surface area contributed by atoms with Gasteiger partial charge in [0.05, 0.1) is 4.92 Å². The number of hydrogen-bond donors (Lipinski definition) is 0. The predicted octanol–water partition coefficient (Wildman–Crippen LogP) is 5.97. The Hall–Kier alpha value is -2.83. The van der Waals surface area contributed by atoms with Crippen molar-refractivity contribution in [3.05, 3.63) is 93.5 Å². The van der Waals surface area contributed by atoms with Crippen LogP contribution in [0.4, 0.5) is 5.69 Å². The van der Waals surface area contributed by atoms with Crippen molar-refractivity contribution in [1.29, 1.82) is 0 Å². The zero-order chi connectivity index (χ0) is 18.5. The molecule has 0 radical (unpaired) electrons. The van der Waals surface area contributed by atoms with Gasteiger partial charge >= 0.3 is 5.69 Å². The van der Waals surface area contributed by atoms with Gasteiger partial charge in [-0.25, -0.2) is 0 Å². The molecule has 0 aliphatic carbocycles. The van der Waals surface area contributed by atoms with Crippen LogP contribution in [0.5, 0.6) is 11.5 Å². The molecule has 0 saturated heterocycles. The average Bonchev–Trinajstić information content (AvgIpc) is 2.64. The predicted molar refractivity (Wildman–Crippen MR) is 101 cm³/mol. The maximum absolute atomic E-state index is 12.4. The molecule has 0 aliphatic rings. The molecule has 3 aromatic rings. The average molecular weight is 386 g/mol. The molecule has 5 nitrogen and oxygen atoms in total. The van der Waals surface area contributed by atoms with Gasteiger partial charge in [0.15, 0.2) is 0 Å². The smallest absolute Gasteiger partial charge is 0.312 e. The van der Waals surface area contributed by atoms with Crippen LogP contribution in [0, 0.1) is 10.1 Å². The highest BCUT2D eigenvalue weighted by Crippen LogP contribution is 2.34. The van der Waals surface area contributed by atoms with Crippen LogP contribution in [0.2, 0.25) is 5.02 Å². The Morgan fingerprint density at radius 3 is 2.35 bits per heavy atom. The lowest BCUT2D eigenvalue weighted by Crippen LogP contribution is -1.98. The molecule has 0 aromatic heterocycles. The first-order valence-electron chi connectivity index (χ1n) is 7.52. The molecule has 0 fully saturated rings. The number of nitro benzene ring substituents is 1. The zero-order valence-corrected chi connectivity index (χ0v) is 14.9. The van der Waals surface area contributed by atoms with E-state index in [-0.39, 0.29) is 22.1 Å². The molecule has 0 N–H and O–H groups in total. The second kappa shape index (κ2) is 8.03. The molecular weight excluding hydrogens is 374 g/mol. The van der Waals surface area contributed by atoms with E-state index in [1.807, 2.05) is 18.2 Å². The monoisotopic (exact) mass is 385 g/mol. The molecule has 0 spiro atoms. The lowest BCUT2D eigenvalue weighted by molar-refractivity contribution is -0.385. The molecular formula is C19H12ClNO4S. The van der Waals surface area contributed by atoms with E-state index in [1.54, 1.807) is 36.4 Å². The van der Waals surface area contributed by atoms with Crippen molar-refractivity contribution in [3.8, 4) is 11.5 Å². The van der Waals surface area contributed by atoms with Crippen LogP contribution in [-0.4, -0.2) is 10.0 Å². The zero-order valence-electron chi connectivity index (χ0n) is 13.3. The second-order valence-electron chi connectivity index (χ2n) is 5.20. The van der Waals surface area contributed by atoms with E-state index >= 15 is 0 Å². The number of benzene rings is 3. The van der Waals surface area contributed by atoms with E-state index in [1.165, 1.54) is 18.2 Å². The van der Waals surface area contributed by atoms with Crippen molar-refractivity contribution in [2.45, 2.75) is 4.90 Å². The van der Waals surface area contributed by atoms with Gasteiger partial charge in [0, 0.05) is 21.5 Å². The number of rotatable bonds is 5. The minimum atomic E-state index is -0.574. The summed E-state index contributed by atoms with van der Waals surface area (Å²) in [6, 6.07) is 19.7. The van der Waals surface area contributed by atoms with E-state index in [0.29, 0.717) is 10.8 Å². The van der Waals surface area contributed by atoms with Gasteiger partial charge in [0.25, 0.3) is 0 Å². The molecule has 0 saturated carbocycles. The number of nitro groups is 1. The molecule has 0 bridgehead atoms. The molecule has 0 unspecified atom stereocenters. The summed E-state index contributed by atoms with van der Waals surface area (Å²) in [5, 5.41) is 11.6. The number of halogens is 1. The minimum Gasteiger partial charge on any atom is -0.450 e. The van der Waals surface area contributed by atoms with Crippen LogP contribution in [0.25, 0.3) is 0 Å². The molecule has 130 valence electrons. The van der Waals surface area contributed by atoms with Gasteiger partial charge in [-0.2, -0.15) is 0 Å². The van der Waals surface area contributed by atoms with Gasteiger partial charge in [-0.05, 0) is 60.3 Å². The molecule has 0 heterocycles. The van der Waals surface area contributed by atoms with Crippen molar-refractivity contribution in [1.82, 2.24) is 0 Å². The first-order chi connectivity index (χ1) is 12.5. The number of thioether (sulfide) groups is 1. The van der Waals surface area contributed by atoms with Gasteiger partial charge in [-0.3, -0.25) is 14.9 Å². The fraction of sp³-hybridized carbons (Fsp3) is 0. The summed E-state index contributed by atoms with van der Waals surface area (Å²) in [5.74, 6) is 0.467. The summed E-state index contributed by atoms with van der Waals surface area (Å²) < 4.78 is 5.56. The maximum atomic E-state index is 12.4. The fourth-order valence-corrected chi connectivity index (χ4v) is 3.04. The van der Waals surface area contributed by atoms with E-state index in [2.05, 4.69) is 0 Å². The highest BCUT2D eigenvalue weighted by atomic mass is 35.5. The molecule has 3 aromatic carbocycles. The first kappa shape index (κ1) is 18.0. The molecule has 26 heavy (non-hydrogen) atoms. The summed E-state index contributed by atoms with van der Waals surface area (Å²) >= 11 is 6.83. The summed E-state index contributed by atoms with van der Waals surface area (Å²) in [7, 11) is 0. The fourth-order valence-electron chi connectivity index (χ4n) is 2.16. The minimum absolute atomic E-state index is 0.0542. The van der Waals surface area contributed by atoms with Crippen molar-refractivity contribution in [3.63, 3.8) is 0 Å². The van der Waals surface area contributed by atoms with Gasteiger partial charge < -0.3 is 4.74 Å². The number of ether oxygens (including phenoxy) is 1. The van der Waals surface area contributed by atoms with Crippen molar-refractivity contribution < 1.29 is 14.5 Å². The summed E-state index contributed by atoms with van der Waals surface area (Å²) in [4.78, 5) is 24.0. The molecule has 0 amide bonds. The number of nitrogens with zero attached hydrogens (tertiary/aromatic N) is 1. The maximum Gasteiger partial charge on any atom is 0.312 e. The summed E-state index contributed by atoms with van der Waals surface area (Å²) in [6.07, 6.45) is 0. The Balaban J connectivity index is 1.85. The van der Waals surface area contributed by atoms with Gasteiger partial charge in [-0.15, -0.1) is 0 Å². The Kier molecular flexibility index (Phi) is 5.55. The van der Waals surface area contributed by atoms with Crippen LogP contribution in [0.15, 0.2) is 77.7 Å². The normalized spacial score (nSPS) is 10.3. The van der Waals surface area contributed by atoms with Gasteiger partial charge in [0.2, 0.25) is 10.9 Å². The van der Waals surface area contributed by atoms with E-state index < -0.39 is 4.92 Å². The Labute approximate surface area is 158 Å². The van der Waals surface area contributed by atoms with Crippen LogP contribution in [0.3, 0.4) is 0 Å².